The quantitative estimate of drug-likeness (QED) is 0.233. The lowest BCUT2D eigenvalue weighted by Crippen LogP contribution is -2.30. The highest BCUT2D eigenvalue weighted by molar-refractivity contribution is 6.06. The van der Waals surface area contributed by atoms with Gasteiger partial charge in [-0.05, 0) is 64.7 Å². The molecule has 4 aromatic rings. The summed E-state index contributed by atoms with van der Waals surface area (Å²) in [4.78, 5) is 28.2. The van der Waals surface area contributed by atoms with Crippen molar-refractivity contribution in [3.8, 4) is 11.1 Å². The molecule has 0 saturated carbocycles. The van der Waals surface area contributed by atoms with Crippen molar-refractivity contribution in [3.05, 3.63) is 125 Å². The number of carbonyl (C=O) groups is 2. The van der Waals surface area contributed by atoms with E-state index in [2.05, 4.69) is 24.3 Å². The zero-order valence-corrected chi connectivity index (χ0v) is 21.6. The summed E-state index contributed by atoms with van der Waals surface area (Å²) in [5.41, 5.74) is 5.34. The molecule has 4 aromatic carbocycles. The lowest BCUT2D eigenvalue weighted by molar-refractivity contribution is -0.131. The van der Waals surface area contributed by atoms with E-state index in [0.29, 0.717) is 11.3 Å². The molecule has 4 rings (SSSR count). The first-order valence-electron chi connectivity index (χ1n) is 12.3. The fourth-order valence-corrected chi connectivity index (χ4v) is 4.11. The highest BCUT2D eigenvalue weighted by Gasteiger charge is 2.19. The number of nitrogens with zero attached hydrogens (tertiary/aromatic N) is 2. The molecular formula is C32H28F2N2O3. The van der Waals surface area contributed by atoms with E-state index in [1.165, 1.54) is 30.3 Å². The van der Waals surface area contributed by atoms with Crippen molar-refractivity contribution in [2.75, 3.05) is 23.9 Å². The minimum Gasteiger partial charge on any atom is -0.478 e. The number of hydrogen-bond donors (Lipinski definition) is 1. The second-order valence-corrected chi connectivity index (χ2v) is 9.22. The van der Waals surface area contributed by atoms with E-state index >= 15 is 0 Å². The fourth-order valence-electron chi connectivity index (χ4n) is 4.11. The van der Waals surface area contributed by atoms with Gasteiger partial charge in [-0.25, -0.2) is 13.6 Å². The Morgan fingerprint density at radius 1 is 0.821 bits per heavy atom. The number of benzene rings is 4. The van der Waals surface area contributed by atoms with E-state index in [4.69, 9.17) is 5.11 Å². The van der Waals surface area contributed by atoms with Crippen LogP contribution in [0.5, 0.6) is 0 Å². The van der Waals surface area contributed by atoms with Gasteiger partial charge in [0.1, 0.15) is 0 Å². The van der Waals surface area contributed by atoms with Crippen LogP contribution in [0.4, 0.5) is 20.2 Å². The number of anilines is 2. The summed E-state index contributed by atoms with van der Waals surface area (Å²) >= 11 is 0. The van der Waals surface area contributed by atoms with Crippen molar-refractivity contribution in [2.45, 2.75) is 13.0 Å². The first kappa shape index (κ1) is 27.3. The van der Waals surface area contributed by atoms with Gasteiger partial charge in [0.15, 0.2) is 0 Å². The number of alkyl halides is 2. The van der Waals surface area contributed by atoms with Gasteiger partial charge in [0, 0.05) is 42.7 Å². The zero-order valence-electron chi connectivity index (χ0n) is 21.6. The van der Waals surface area contributed by atoms with Crippen LogP contribution in [0, 0.1) is 0 Å². The molecule has 0 radical (unpaired) electrons. The SMILES string of the molecule is CN(C)c1ccc(-c2ccc(CN(C(=O)c3ccc(C(F)F)cc3)c3cccc(C=CC(=O)O)c3)cc2)cc1. The third kappa shape index (κ3) is 6.96. The molecule has 198 valence electrons. The Hall–Kier alpha value is -4.78. The lowest BCUT2D eigenvalue weighted by Gasteiger charge is -2.24. The molecular weight excluding hydrogens is 498 g/mol. The third-order valence-corrected chi connectivity index (χ3v) is 6.27. The Morgan fingerprint density at radius 2 is 1.44 bits per heavy atom. The van der Waals surface area contributed by atoms with E-state index in [1.54, 1.807) is 29.2 Å². The summed E-state index contributed by atoms with van der Waals surface area (Å²) in [6.07, 6.45) is -0.152. The standard InChI is InChI=1S/C32H28F2N2O3/c1-35(2)28-17-15-25(16-18-28)24-9-6-23(7-10-24)21-36(29-5-3-4-22(20-29)8-19-30(37)38)32(39)27-13-11-26(12-14-27)31(33)34/h3-20,31H,21H2,1-2H3,(H,37,38). The van der Waals surface area contributed by atoms with Crippen LogP contribution in [0.25, 0.3) is 17.2 Å². The van der Waals surface area contributed by atoms with E-state index < -0.39 is 12.4 Å². The Kier molecular flexibility index (Phi) is 8.51. The molecule has 0 aliphatic rings. The van der Waals surface area contributed by atoms with E-state index in [-0.39, 0.29) is 23.6 Å². The largest absolute Gasteiger partial charge is 0.478 e. The number of rotatable bonds is 9. The van der Waals surface area contributed by atoms with Gasteiger partial charge in [-0.3, -0.25) is 4.79 Å². The van der Waals surface area contributed by atoms with Gasteiger partial charge < -0.3 is 14.9 Å². The van der Waals surface area contributed by atoms with Crippen LogP contribution in [-0.2, 0) is 11.3 Å². The third-order valence-electron chi connectivity index (χ3n) is 6.27. The summed E-state index contributed by atoms with van der Waals surface area (Å²) < 4.78 is 26.1. The molecule has 0 heterocycles. The molecule has 0 spiro atoms. The van der Waals surface area contributed by atoms with Crippen molar-refractivity contribution in [1.82, 2.24) is 0 Å². The minimum absolute atomic E-state index is 0.159. The van der Waals surface area contributed by atoms with Crippen molar-refractivity contribution >= 4 is 29.3 Å². The molecule has 0 aromatic heterocycles. The summed E-state index contributed by atoms with van der Waals surface area (Å²) in [5, 5.41) is 8.98. The maximum atomic E-state index is 13.6. The highest BCUT2D eigenvalue weighted by Crippen LogP contribution is 2.27. The smallest absolute Gasteiger partial charge is 0.328 e. The molecule has 5 nitrogen and oxygen atoms in total. The Morgan fingerprint density at radius 3 is 2.00 bits per heavy atom. The van der Waals surface area contributed by atoms with Crippen LogP contribution in [-0.4, -0.2) is 31.1 Å². The molecule has 0 aliphatic carbocycles. The molecule has 0 saturated heterocycles. The van der Waals surface area contributed by atoms with Crippen molar-refractivity contribution < 1.29 is 23.5 Å². The van der Waals surface area contributed by atoms with Gasteiger partial charge >= 0.3 is 5.97 Å². The number of carboxylic acid groups (broad SMARTS) is 1. The van der Waals surface area contributed by atoms with Crippen LogP contribution >= 0.6 is 0 Å². The van der Waals surface area contributed by atoms with Gasteiger partial charge in [0.25, 0.3) is 12.3 Å². The van der Waals surface area contributed by atoms with Crippen molar-refractivity contribution in [1.29, 1.82) is 0 Å². The number of amides is 1. The monoisotopic (exact) mass is 526 g/mol. The first-order chi connectivity index (χ1) is 18.7. The number of carboxylic acids is 1. The molecule has 0 fully saturated rings. The fraction of sp³-hybridized carbons (Fsp3) is 0.125. The number of halogens is 2. The minimum atomic E-state index is -2.62. The Balaban J connectivity index is 1.64. The lowest BCUT2D eigenvalue weighted by atomic mass is 10.0. The van der Waals surface area contributed by atoms with Crippen LogP contribution in [0.2, 0.25) is 0 Å². The predicted molar refractivity (Wildman–Crippen MR) is 151 cm³/mol. The van der Waals surface area contributed by atoms with Gasteiger partial charge in [-0.1, -0.05) is 60.7 Å². The zero-order chi connectivity index (χ0) is 27.9. The molecule has 0 unspecified atom stereocenters. The molecule has 39 heavy (non-hydrogen) atoms. The van der Waals surface area contributed by atoms with Gasteiger partial charge in [-0.2, -0.15) is 0 Å². The molecule has 1 N–H and O–H groups in total. The van der Waals surface area contributed by atoms with E-state index in [0.717, 1.165) is 28.5 Å². The van der Waals surface area contributed by atoms with Crippen molar-refractivity contribution in [3.63, 3.8) is 0 Å². The second-order valence-electron chi connectivity index (χ2n) is 9.22. The van der Waals surface area contributed by atoms with Crippen molar-refractivity contribution in [2.24, 2.45) is 0 Å². The molecule has 1 amide bonds. The average Bonchev–Trinajstić information content (AvgIpc) is 2.95. The van der Waals surface area contributed by atoms with Crippen LogP contribution < -0.4 is 9.80 Å². The predicted octanol–water partition coefficient (Wildman–Crippen LogP) is 7.30. The van der Waals surface area contributed by atoms with Crippen LogP contribution in [0.15, 0.2) is 103 Å². The average molecular weight is 527 g/mol. The topological polar surface area (TPSA) is 60.9 Å². The maximum absolute atomic E-state index is 13.6. The Labute approximate surface area is 226 Å². The highest BCUT2D eigenvalue weighted by atomic mass is 19.3. The summed E-state index contributed by atoms with van der Waals surface area (Å²) in [6.45, 7) is 0.224. The summed E-state index contributed by atoms with van der Waals surface area (Å²) in [7, 11) is 3.98. The first-order valence-corrected chi connectivity index (χ1v) is 12.3. The molecule has 7 heteroatoms. The van der Waals surface area contributed by atoms with E-state index in [9.17, 15) is 18.4 Å². The van der Waals surface area contributed by atoms with Gasteiger partial charge in [0.2, 0.25) is 0 Å². The second kappa shape index (κ2) is 12.2. The van der Waals surface area contributed by atoms with Crippen LogP contribution in [0.1, 0.15) is 33.5 Å². The molecule has 0 aliphatic heterocycles. The van der Waals surface area contributed by atoms with Crippen LogP contribution in [0.3, 0.4) is 0 Å². The van der Waals surface area contributed by atoms with E-state index in [1.807, 2.05) is 43.3 Å². The van der Waals surface area contributed by atoms with Gasteiger partial charge in [0.05, 0.1) is 6.54 Å². The molecule has 0 bridgehead atoms. The summed E-state index contributed by atoms with van der Waals surface area (Å²) in [5.74, 6) is -1.44. The normalized spacial score (nSPS) is 11.1. The summed E-state index contributed by atoms with van der Waals surface area (Å²) in [6, 6.07) is 28.3. The Bertz CT molecular complexity index is 1460. The number of carbonyl (C=O) groups excluding carboxylic acids is 1. The molecule has 0 atom stereocenters. The van der Waals surface area contributed by atoms with Gasteiger partial charge in [-0.15, -0.1) is 0 Å². The number of hydrogen-bond acceptors (Lipinski definition) is 3. The number of aliphatic carboxylic acids is 1. The maximum Gasteiger partial charge on any atom is 0.328 e.